The van der Waals surface area contributed by atoms with E-state index < -0.39 is 0 Å². The maximum absolute atomic E-state index is 12.0. The van der Waals surface area contributed by atoms with Crippen LogP contribution in [0.1, 0.15) is 36.0 Å². The fourth-order valence-corrected chi connectivity index (χ4v) is 3.86. The first-order valence-electron chi connectivity index (χ1n) is 10.5. The monoisotopic (exact) mass is 379 g/mol. The molecule has 3 rings (SSSR count). The normalized spacial score (nSPS) is 15.4. The number of amides is 2. The fraction of sp³-hybridized carbons (Fsp3) is 0.458. The Balaban J connectivity index is 1.28. The number of carbonyl (C=O) groups excluding carboxylic acids is 1. The summed E-state index contributed by atoms with van der Waals surface area (Å²) in [5.41, 5.74) is 4.73. The van der Waals surface area contributed by atoms with Crippen LogP contribution in [0, 0.1) is 19.8 Å². The standard InChI is InChI=1S/C24H33N3O/c1-19-9-10-23(17-20(19)2)26-24(28)25-13-6-14-27-15-11-22(12-16-27)18-21-7-4-3-5-8-21/h3-5,7-10,17,22H,6,11-16,18H2,1-2H3,(H2,25,26,28). The number of nitrogens with zero attached hydrogens (tertiary/aromatic N) is 1. The quantitative estimate of drug-likeness (QED) is 0.681. The molecule has 0 unspecified atom stereocenters. The molecule has 150 valence electrons. The van der Waals surface area contributed by atoms with Gasteiger partial charge in [0.1, 0.15) is 0 Å². The Kier molecular flexibility index (Phi) is 7.49. The number of urea groups is 1. The zero-order chi connectivity index (χ0) is 19.8. The molecule has 2 N–H and O–H groups in total. The number of benzene rings is 2. The van der Waals surface area contributed by atoms with Crippen molar-refractivity contribution in [3.63, 3.8) is 0 Å². The Morgan fingerprint density at radius 2 is 1.79 bits per heavy atom. The van der Waals surface area contributed by atoms with E-state index in [9.17, 15) is 4.79 Å². The first-order valence-corrected chi connectivity index (χ1v) is 10.5. The minimum Gasteiger partial charge on any atom is -0.338 e. The van der Waals surface area contributed by atoms with Gasteiger partial charge < -0.3 is 15.5 Å². The van der Waals surface area contributed by atoms with Gasteiger partial charge in [-0.15, -0.1) is 0 Å². The second-order valence-electron chi connectivity index (χ2n) is 8.01. The topological polar surface area (TPSA) is 44.4 Å². The van der Waals surface area contributed by atoms with Crippen molar-refractivity contribution in [3.8, 4) is 0 Å². The lowest BCUT2D eigenvalue weighted by atomic mass is 9.90. The molecule has 0 spiro atoms. The van der Waals surface area contributed by atoms with Crippen LogP contribution in [-0.2, 0) is 6.42 Å². The van der Waals surface area contributed by atoms with Crippen LogP contribution in [0.25, 0.3) is 0 Å². The average Bonchev–Trinajstić information content (AvgIpc) is 2.70. The Hall–Kier alpha value is -2.33. The predicted molar refractivity (Wildman–Crippen MR) is 117 cm³/mol. The van der Waals surface area contributed by atoms with Gasteiger partial charge in [-0.25, -0.2) is 4.79 Å². The largest absolute Gasteiger partial charge is 0.338 e. The Morgan fingerprint density at radius 1 is 1.04 bits per heavy atom. The average molecular weight is 380 g/mol. The molecule has 1 fully saturated rings. The lowest BCUT2D eigenvalue weighted by molar-refractivity contribution is 0.182. The van der Waals surface area contributed by atoms with Gasteiger partial charge in [0, 0.05) is 12.2 Å². The van der Waals surface area contributed by atoms with Gasteiger partial charge in [0.05, 0.1) is 0 Å². The Morgan fingerprint density at radius 3 is 2.50 bits per heavy atom. The van der Waals surface area contributed by atoms with Gasteiger partial charge >= 0.3 is 6.03 Å². The van der Waals surface area contributed by atoms with E-state index in [0.717, 1.165) is 24.6 Å². The second kappa shape index (κ2) is 10.3. The molecule has 1 saturated heterocycles. The first-order chi connectivity index (χ1) is 13.6. The molecule has 0 bridgehead atoms. The number of rotatable bonds is 7. The predicted octanol–water partition coefficient (Wildman–Crippen LogP) is 4.77. The third-order valence-corrected chi connectivity index (χ3v) is 5.78. The van der Waals surface area contributed by atoms with Crippen molar-refractivity contribution >= 4 is 11.7 Å². The number of likely N-dealkylation sites (tertiary alicyclic amines) is 1. The highest BCUT2D eigenvalue weighted by Gasteiger charge is 2.19. The third-order valence-electron chi connectivity index (χ3n) is 5.78. The Bertz CT molecular complexity index is 752. The van der Waals surface area contributed by atoms with E-state index in [1.54, 1.807) is 0 Å². The van der Waals surface area contributed by atoms with Crippen LogP contribution in [0.15, 0.2) is 48.5 Å². The molecule has 2 aromatic carbocycles. The van der Waals surface area contributed by atoms with E-state index >= 15 is 0 Å². The van der Waals surface area contributed by atoms with Crippen molar-refractivity contribution in [1.29, 1.82) is 0 Å². The summed E-state index contributed by atoms with van der Waals surface area (Å²) < 4.78 is 0. The molecule has 0 saturated carbocycles. The molecule has 28 heavy (non-hydrogen) atoms. The second-order valence-corrected chi connectivity index (χ2v) is 8.01. The van der Waals surface area contributed by atoms with E-state index in [2.05, 4.69) is 59.7 Å². The molecular weight excluding hydrogens is 346 g/mol. The van der Waals surface area contributed by atoms with E-state index in [1.165, 1.54) is 49.0 Å². The van der Waals surface area contributed by atoms with Crippen LogP contribution < -0.4 is 10.6 Å². The highest BCUT2D eigenvalue weighted by molar-refractivity contribution is 5.89. The summed E-state index contributed by atoms with van der Waals surface area (Å²) in [7, 11) is 0. The minimum atomic E-state index is -0.121. The van der Waals surface area contributed by atoms with Crippen molar-refractivity contribution in [2.24, 2.45) is 5.92 Å². The molecule has 1 heterocycles. The lowest BCUT2D eigenvalue weighted by Crippen LogP contribution is -2.37. The van der Waals surface area contributed by atoms with Crippen molar-refractivity contribution in [1.82, 2.24) is 10.2 Å². The van der Waals surface area contributed by atoms with E-state index in [-0.39, 0.29) is 6.03 Å². The summed E-state index contributed by atoms with van der Waals surface area (Å²) in [5, 5.41) is 5.88. The summed E-state index contributed by atoms with van der Waals surface area (Å²) in [6.07, 6.45) is 4.74. The van der Waals surface area contributed by atoms with Gasteiger partial charge in [0.15, 0.2) is 0 Å². The van der Waals surface area contributed by atoms with E-state index in [1.807, 2.05) is 18.2 Å². The molecule has 1 aliphatic rings. The minimum absolute atomic E-state index is 0.121. The summed E-state index contributed by atoms with van der Waals surface area (Å²) in [6.45, 7) is 8.24. The molecule has 4 nitrogen and oxygen atoms in total. The summed E-state index contributed by atoms with van der Waals surface area (Å²) in [6, 6.07) is 16.7. The van der Waals surface area contributed by atoms with Gasteiger partial charge in [-0.1, -0.05) is 36.4 Å². The molecule has 0 aromatic heterocycles. The molecule has 2 amide bonds. The number of aryl methyl sites for hydroxylation is 2. The summed E-state index contributed by atoms with van der Waals surface area (Å²) in [5.74, 6) is 0.806. The van der Waals surface area contributed by atoms with Gasteiger partial charge in [0.25, 0.3) is 0 Å². The van der Waals surface area contributed by atoms with E-state index in [4.69, 9.17) is 0 Å². The number of nitrogens with one attached hydrogen (secondary N) is 2. The van der Waals surface area contributed by atoms with Crippen LogP contribution in [0.4, 0.5) is 10.5 Å². The van der Waals surface area contributed by atoms with Gasteiger partial charge in [0.2, 0.25) is 0 Å². The van der Waals surface area contributed by atoms with Crippen LogP contribution in [-0.4, -0.2) is 37.1 Å². The van der Waals surface area contributed by atoms with Crippen molar-refractivity contribution in [2.45, 2.75) is 39.5 Å². The van der Waals surface area contributed by atoms with E-state index in [0.29, 0.717) is 6.54 Å². The Labute approximate surface area is 169 Å². The van der Waals surface area contributed by atoms with Gasteiger partial charge in [-0.05, 0) is 93.9 Å². The zero-order valence-corrected chi connectivity index (χ0v) is 17.2. The van der Waals surface area contributed by atoms with Crippen molar-refractivity contribution in [3.05, 3.63) is 65.2 Å². The van der Waals surface area contributed by atoms with Crippen molar-refractivity contribution < 1.29 is 4.79 Å². The number of carbonyl (C=O) groups is 1. The van der Waals surface area contributed by atoms with Gasteiger partial charge in [-0.3, -0.25) is 0 Å². The fourth-order valence-electron chi connectivity index (χ4n) is 3.86. The highest BCUT2D eigenvalue weighted by Crippen LogP contribution is 2.21. The molecule has 4 heteroatoms. The maximum atomic E-state index is 12.0. The van der Waals surface area contributed by atoms with Gasteiger partial charge in [-0.2, -0.15) is 0 Å². The molecule has 0 atom stereocenters. The lowest BCUT2D eigenvalue weighted by Gasteiger charge is -2.32. The van der Waals surface area contributed by atoms with Crippen LogP contribution in [0.3, 0.4) is 0 Å². The van der Waals surface area contributed by atoms with Crippen LogP contribution in [0.5, 0.6) is 0 Å². The molecular formula is C24H33N3O. The molecule has 2 aromatic rings. The molecule has 1 aliphatic heterocycles. The molecule has 0 radical (unpaired) electrons. The first kappa shape index (κ1) is 20.4. The summed E-state index contributed by atoms with van der Waals surface area (Å²) in [4.78, 5) is 14.6. The number of piperidine rings is 1. The van der Waals surface area contributed by atoms with Crippen LogP contribution in [0.2, 0.25) is 0 Å². The molecule has 0 aliphatic carbocycles. The number of anilines is 1. The highest BCUT2D eigenvalue weighted by atomic mass is 16.2. The van der Waals surface area contributed by atoms with Crippen molar-refractivity contribution in [2.75, 3.05) is 31.5 Å². The third kappa shape index (κ3) is 6.38. The zero-order valence-electron chi connectivity index (χ0n) is 17.2. The SMILES string of the molecule is Cc1ccc(NC(=O)NCCCN2CCC(Cc3ccccc3)CC2)cc1C. The summed E-state index contributed by atoms with van der Waals surface area (Å²) >= 11 is 0. The maximum Gasteiger partial charge on any atom is 0.319 e. The van der Waals surface area contributed by atoms with Crippen LogP contribution >= 0.6 is 0 Å². The smallest absolute Gasteiger partial charge is 0.319 e. The number of hydrogen-bond acceptors (Lipinski definition) is 2. The number of hydrogen-bond donors (Lipinski definition) is 2.